The summed E-state index contributed by atoms with van der Waals surface area (Å²) in [5.41, 5.74) is 1.64. The lowest BCUT2D eigenvalue weighted by atomic mass is 10.0. The van der Waals surface area contributed by atoms with Crippen molar-refractivity contribution in [2.75, 3.05) is 31.1 Å². The number of aryl methyl sites for hydroxylation is 1. The highest BCUT2D eigenvalue weighted by Gasteiger charge is 2.36. The molecule has 0 unspecified atom stereocenters. The van der Waals surface area contributed by atoms with E-state index in [1.807, 2.05) is 19.1 Å². The summed E-state index contributed by atoms with van der Waals surface area (Å²) < 4.78 is 0. The SMILES string of the molecule is Cc1cc(C#N)cc(N2C[C@H]3CNC[C@H]3C2)n1. The lowest BCUT2D eigenvalue weighted by Gasteiger charge is -2.19. The molecule has 0 spiro atoms. The molecule has 0 radical (unpaired) electrons. The minimum atomic E-state index is 0.711. The van der Waals surface area contributed by atoms with Crippen LogP contribution >= 0.6 is 0 Å². The first-order valence-corrected chi connectivity index (χ1v) is 6.11. The van der Waals surface area contributed by atoms with E-state index in [1.165, 1.54) is 0 Å². The number of fused-ring (bicyclic) bond motifs is 1. The van der Waals surface area contributed by atoms with Crippen LogP contribution in [0.1, 0.15) is 11.3 Å². The summed E-state index contributed by atoms with van der Waals surface area (Å²) in [7, 11) is 0. The molecule has 2 atom stereocenters. The summed E-state index contributed by atoms with van der Waals surface area (Å²) in [6, 6.07) is 5.94. The lowest BCUT2D eigenvalue weighted by molar-refractivity contribution is 0.533. The second kappa shape index (κ2) is 4.01. The maximum Gasteiger partial charge on any atom is 0.130 e. The lowest BCUT2D eigenvalue weighted by Crippen LogP contribution is -2.26. The van der Waals surface area contributed by atoms with E-state index < -0.39 is 0 Å². The fraction of sp³-hybridized carbons (Fsp3) is 0.538. The summed E-state index contributed by atoms with van der Waals surface area (Å²) in [5.74, 6) is 2.47. The monoisotopic (exact) mass is 228 g/mol. The summed E-state index contributed by atoms with van der Waals surface area (Å²) >= 11 is 0. The van der Waals surface area contributed by atoms with Crippen molar-refractivity contribution in [3.63, 3.8) is 0 Å². The average Bonchev–Trinajstić information content (AvgIpc) is 2.88. The van der Waals surface area contributed by atoms with E-state index in [0.717, 1.165) is 49.5 Å². The second-order valence-electron chi connectivity index (χ2n) is 5.05. The Morgan fingerprint density at radius 3 is 2.71 bits per heavy atom. The van der Waals surface area contributed by atoms with Crippen LogP contribution in [0.5, 0.6) is 0 Å². The third kappa shape index (κ3) is 1.87. The third-order valence-corrected chi connectivity index (χ3v) is 3.78. The van der Waals surface area contributed by atoms with Crippen LogP contribution < -0.4 is 10.2 Å². The predicted octanol–water partition coefficient (Wildman–Crippen LogP) is 0.917. The van der Waals surface area contributed by atoms with E-state index in [1.54, 1.807) is 0 Å². The minimum Gasteiger partial charge on any atom is -0.356 e. The quantitative estimate of drug-likeness (QED) is 0.776. The molecule has 4 nitrogen and oxygen atoms in total. The number of nitrogens with one attached hydrogen (secondary N) is 1. The summed E-state index contributed by atoms with van der Waals surface area (Å²) in [6.07, 6.45) is 0. The van der Waals surface area contributed by atoms with Gasteiger partial charge < -0.3 is 10.2 Å². The second-order valence-corrected chi connectivity index (χ2v) is 5.05. The maximum absolute atomic E-state index is 8.98. The Morgan fingerprint density at radius 1 is 1.35 bits per heavy atom. The van der Waals surface area contributed by atoms with Crippen molar-refractivity contribution >= 4 is 5.82 Å². The number of pyridine rings is 1. The zero-order chi connectivity index (χ0) is 11.8. The standard InChI is InChI=1S/C13H16N4/c1-9-2-10(4-14)3-13(16-9)17-7-11-5-15-6-12(11)8-17/h2-3,11-12,15H,5-8H2,1H3/t11-,12+. The molecule has 0 saturated carbocycles. The Morgan fingerprint density at radius 2 is 2.06 bits per heavy atom. The number of nitrogens with zero attached hydrogens (tertiary/aromatic N) is 3. The maximum atomic E-state index is 8.98. The van der Waals surface area contributed by atoms with Crippen LogP contribution in [-0.2, 0) is 0 Å². The number of rotatable bonds is 1. The molecular weight excluding hydrogens is 212 g/mol. The number of aromatic nitrogens is 1. The molecule has 0 bridgehead atoms. The molecule has 4 heteroatoms. The van der Waals surface area contributed by atoms with Crippen molar-refractivity contribution in [3.05, 3.63) is 23.4 Å². The van der Waals surface area contributed by atoms with Gasteiger partial charge in [0, 0.05) is 31.9 Å². The highest BCUT2D eigenvalue weighted by Crippen LogP contribution is 2.29. The first-order valence-electron chi connectivity index (χ1n) is 6.11. The minimum absolute atomic E-state index is 0.711. The summed E-state index contributed by atoms with van der Waals surface area (Å²) in [4.78, 5) is 6.87. The van der Waals surface area contributed by atoms with Crippen molar-refractivity contribution in [1.82, 2.24) is 10.3 Å². The van der Waals surface area contributed by atoms with Gasteiger partial charge in [-0.15, -0.1) is 0 Å². The van der Waals surface area contributed by atoms with Crippen LogP contribution in [0.3, 0.4) is 0 Å². The number of anilines is 1. The topological polar surface area (TPSA) is 52.0 Å². The summed E-state index contributed by atoms with van der Waals surface area (Å²) in [6.45, 7) is 6.33. The van der Waals surface area contributed by atoms with Crippen molar-refractivity contribution in [2.45, 2.75) is 6.92 Å². The van der Waals surface area contributed by atoms with Gasteiger partial charge in [-0.25, -0.2) is 4.98 Å². The van der Waals surface area contributed by atoms with E-state index in [0.29, 0.717) is 5.56 Å². The number of hydrogen-bond acceptors (Lipinski definition) is 4. The van der Waals surface area contributed by atoms with Crippen LogP contribution in [0, 0.1) is 30.1 Å². The zero-order valence-corrected chi connectivity index (χ0v) is 9.98. The fourth-order valence-electron chi connectivity index (χ4n) is 2.92. The van der Waals surface area contributed by atoms with E-state index in [2.05, 4.69) is 21.3 Å². The highest BCUT2D eigenvalue weighted by atomic mass is 15.2. The van der Waals surface area contributed by atoms with Crippen LogP contribution in [0.4, 0.5) is 5.82 Å². The van der Waals surface area contributed by atoms with Crippen LogP contribution in [0.15, 0.2) is 12.1 Å². The Hall–Kier alpha value is -1.60. The van der Waals surface area contributed by atoms with Gasteiger partial charge >= 0.3 is 0 Å². The van der Waals surface area contributed by atoms with Gasteiger partial charge in [-0.3, -0.25) is 0 Å². The van der Waals surface area contributed by atoms with Gasteiger partial charge in [-0.2, -0.15) is 5.26 Å². The van der Waals surface area contributed by atoms with E-state index >= 15 is 0 Å². The molecule has 1 aromatic rings. The summed E-state index contributed by atoms with van der Waals surface area (Å²) in [5, 5.41) is 12.4. The molecule has 0 aliphatic carbocycles. The van der Waals surface area contributed by atoms with Crippen molar-refractivity contribution < 1.29 is 0 Å². The first-order chi connectivity index (χ1) is 8.26. The van der Waals surface area contributed by atoms with E-state index in [9.17, 15) is 0 Å². The largest absolute Gasteiger partial charge is 0.356 e. The number of hydrogen-bond donors (Lipinski definition) is 1. The van der Waals surface area contributed by atoms with Crippen molar-refractivity contribution in [3.8, 4) is 6.07 Å². The van der Waals surface area contributed by atoms with Gasteiger partial charge in [0.05, 0.1) is 11.6 Å². The van der Waals surface area contributed by atoms with E-state index in [4.69, 9.17) is 5.26 Å². The molecule has 2 aliphatic heterocycles. The van der Waals surface area contributed by atoms with Gasteiger partial charge in [0.15, 0.2) is 0 Å². The normalized spacial score (nSPS) is 26.9. The molecule has 88 valence electrons. The predicted molar refractivity (Wildman–Crippen MR) is 65.8 cm³/mol. The van der Waals surface area contributed by atoms with Crippen molar-refractivity contribution in [1.29, 1.82) is 5.26 Å². The molecular formula is C13H16N4. The van der Waals surface area contributed by atoms with Crippen LogP contribution in [0.2, 0.25) is 0 Å². The van der Waals surface area contributed by atoms with Crippen LogP contribution in [0.25, 0.3) is 0 Å². The van der Waals surface area contributed by atoms with E-state index in [-0.39, 0.29) is 0 Å². The van der Waals surface area contributed by atoms with Crippen LogP contribution in [-0.4, -0.2) is 31.2 Å². The van der Waals surface area contributed by atoms with Gasteiger partial charge in [-0.1, -0.05) is 0 Å². The average molecular weight is 228 g/mol. The molecule has 3 rings (SSSR count). The molecule has 17 heavy (non-hydrogen) atoms. The van der Waals surface area contributed by atoms with Gasteiger partial charge in [-0.05, 0) is 30.9 Å². The molecule has 0 amide bonds. The number of nitriles is 1. The molecule has 3 heterocycles. The van der Waals surface area contributed by atoms with Gasteiger partial charge in [0.2, 0.25) is 0 Å². The third-order valence-electron chi connectivity index (χ3n) is 3.78. The zero-order valence-electron chi connectivity index (χ0n) is 9.98. The Balaban J connectivity index is 1.86. The molecule has 2 saturated heterocycles. The fourth-order valence-corrected chi connectivity index (χ4v) is 2.92. The highest BCUT2D eigenvalue weighted by molar-refractivity contribution is 5.47. The Bertz CT molecular complexity index is 465. The first kappa shape index (κ1) is 10.5. The molecule has 1 N–H and O–H groups in total. The molecule has 0 aromatic carbocycles. The smallest absolute Gasteiger partial charge is 0.130 e. The Labute approximate surface area is 101 Å². The molecule has 2 fully saturated rings. The Kier molecular flexibility index (Phi) is 2.49. The van der Waals surface area contributed by atoms with Gasteiger partial charge in [0.1, 0.15) is 5.82 Å². The van der Waals surface area contributed by atoms with Crippen molar-refractivity contribution in [2.24, 2.45) is 11.8 Å². The molecule has 1 aromatic heterocycles. The molecule has 2 aliphatic rings. The van der Waals surface area contributed by atoms with Gasteiger partial charge in [0.25, 0.3) is 0 Å².